The Morgan fingerprint density at radius 3 is 2.07 bits per heavy atom. The largest absolute Gasteiger partial charge is 0.501 e. The lowest BCUT2D eigenvalue weighted by atomic mass is 9.50. The fourth-order valence-corrected chi connectivity index (χ4v) is 4.79. The van der Waals surface area contributed by atoms with Gasteiger partial charge in [-0.25, -0.2) is 0 Å². The molecule has 0 saturated heterocycles. The van der Waals surface area contributed by atoms with E-state index in [1.54, 1.807) is 0 Å². The Balaban J connectivity index is 1.70. The molecule has 0 aliphatic heterocycles. The Bertz CT molecular complexity index is 231. The quantitative estimate of drug-likeness (QED) is 0.639. The van der Waals surface area contributed by atoms with Crippen molar-refractivity contribution in [3.63, 3.8) is 0 Å². The third-order valence-corrected chi connectivity index (χ3v) is 4.79. The molecule has 0 spiro atoms. The van der Waals surface area contributed by atoms with E-state index in [1.165, 1.54) is 38.5 Å². The van der Waals surface area contributed by atoms with Gasteiger partial charge in [0.25, 0.3) is 0 Å². The Kier molecular flexibility index (Phi) is 2.30. The van der Waals surface area contributed by atoms with Crippen LogP contribution in [-0.2, 0) is 4.74 Å². The van der Waals surface area contributed by atoms with Crippen molar-refractivity contribution in [3.05, 3.63) is 12.3 Å². The van der Waals surface area contributed by atoms with Crippen LogP contribution in [0.2, 0.25) is 0 Å². The standard InChI is InChI=1S/C14H22O/c1-2-3-15-10-14-7-11-4-12(8-14)6-13(5-11)9-14/h2-3,11-13H,4-10H2,1H3. The number of rotatable bonds is 3. The molecule has 15 heavy (non-hydrogen) atoms. The highest BCUT2D eigenvalue weighted by Gasteiger charge is 2.51. The first-order valence-electron chi connectivity index (χ1n) is 6.52. The van der Waals surface area contributed by atoms with Crippen LogP contribution in [0.5, 0.6) is 0 Å². The van der Waals surface area contributed by atoms with E-state index >= 15 is 0 Å². The molecule has 0 heterocycles. The molecule has 84 valence electrons. The van der Waals surface area contributed by atoms with E-state index in [1.807, 2.05) is 19.3 Å². The van der Waals surface area contributed by atoms with Crippen molar-refractivity contribution in [2.45, 2.75) is 45.4 Å². The van der Waals surface area contributed by atoms with Crippen LogP contribution < -0.4 is 0 Å². The molecule has 4 aliphatic carbocycles. The van der Waals surface area contributed by atoms with E-state index in [9.17, 15) is 0 Å². The number of allylic oxidation sites excluding steroid dienone is 1. The van der Waals surface area contributed by atoms with Crippen LogP contribution in [0, 0.1) is 23.2 Å². The molecule has 0 aromatic carbocycles. The lowest BCUT2D eigenvalue weighted by molar-refractivity contribution is -0.0822. The molecule has 4 fully saturated rings. The second kappa shape index (κ2) is 3.54. The van der Waals surface area contributed by atoms with E-state index in [-0.39, 0.29) is 0 Å². The molecular weight excluding hydrogens is 184 g/mol. The summed E-state index contributed by atoms with van der Waals surface area (Å²) < 4.78 is 5.69. The van der Waals surface area contributed by atoms with Gasteiger partial charge in [0, 0.05) is 5.41 Å². The Morgan fingerprint density at radius 2 is 1.60 bits per heavy atom. The number of ether oxygens (including phenoxy) is 1. The number of hydrogen-bond acceptors (Lipinski definition) is 1. The van der Waals surface area contributed by atoms with Gasteiger partial charge in [-0.15, -0.1) is 0 Å². The van der Waals surface area contributed by atoms with Gasteiger partial charge >= 0.3 is 0 Å². The summed E-state index contributed by atoms with van der Waals surface area (Å²) in [5.74, 6) is 3.14. The second-order valence-corrected chi connectivity index (χ2v) is 6.20. The van der Waals surface area contributed by atoms with Gasteiger partial charge < -0.3 is 4.74 Å². The van der Waals surface area contributed by atoms with Crippen molar-refractivity contribution in [2.75, 3.05) is 6.61 Å². The third kappa shape index (κ3) is 1.70. The van der Waals surface area contributed by atoms with Crippen molar-refractivity contribution in [1.82, 2.24) is 0 Å². The summed E-state index contributed by atoms with van der Waals surface area (Å²) in [6.45, 7) is 3.01. The van der Waals surface area contributed by atoms with E-state index in [2.05, 4.69) is 0 Å². The zero-order valence-corrected chi connectivity index (χ0v) is 9.74. The monoisotopic (exact) mass is 206 g/mol. The summed E-state index contributed by atoms with van der Waals surface area (Å²) in [5, 5.41) is 0. The van der Waals surface area contributed by atoms with Crippen molar-refractivity contribution >= 4 is 0 Å². The fourth-order valence-electron chi connectivity index (χ4n) is 4.79. The highest BCUT2D eigenvalue weighted by molar-refractivity contribution is 5.01. The van der Waals surface area contributed by atoms with E-state index in [4.69, 9.17) is 4.74 Å². The van der Waals surface area contributed by atoms with Crippen LogP contribution in [0.4, 0.5) is 0 Å². The topological polar surface area (TPSA) is 9.23 Å². The molecule has 0 unspecified atom stereocenters. The van der Waals surface area contributed by atoms with Gasteiger partial charge in [-0.1, -0.05) is 6.08 Å². The van der Waals surface area contributed by atoms with E-state index in [0.29, 0.717) is 5.41 Å². The van der Waals surface area contributed by atoms with Gasteiger partial charge in [0.2, 0.25) is 0 Å². The minimum absolute atomic E-state index is 0.578. The molecule has 4 saturated carbocycles. The normalized spacial score (nSPS) is 47.7. The molecule has 0 atom stereocenters. The molecule has 1 heteroatoms. The second-order valence-electron chi connectivity index (χ2n) is 6.20. The summed E-state index contributed by atoms with van der Waals surface area (Å²) in [4.78, 5) is 0. The molecule has 1 nitrogen and oxygen atoms in total. The predicted octanol–water partition coefficient (Wildman–Crippen LogP) is 3.75. The van der Waals surface area contributed by atoms with E-state index in [0.717, 1.165) is 24.4 Å². The Morgan fingerprint density at radius 1 is 1.07 bits per heavy atom. The van der Waals surface area contributed by atoms with Crippen LogP contribution in [0.3, 0.4) is 0 Å². The predicted molar refractivity (Wildman–Crippen MR) is 61.4 cm³/mol. The molecule has 0 aromatic heterocycles. The molecule has 0 aromatic rings. The molecular formula is C14H22O. The molecule has 0 N–H and O–H groups in total. The molecule has 4 rings (SSSR count). The van der Waals surface area contributed by atoms with Crippen LogP contribution in [0.15, 0.2) is 12.3 Å². The van der Waals surface area contributed by atoms with Gasteiger partial charge in [-0.2, -0.15) is 0 Å². The highest BCUT2D eigenvalue weighted by atomic mass is 16.5. The first kappa shape index (κ1) is 9.74. The SMILES string of the molecule is CC=COCC12CC3CC(CC(C3)C1)C2. The lowest BCUT2D eigenvalue weighted by Gasteiger charge is -2.56. The minimum Gasteiger partial charge on any atom is -0.501 e. The van der Waals surface area contributed by atoms with Crippen molar-refractivity contribution in [2.24, 2.45) is 23.2 Å². The van der Waals surface area contributed by atoms with Crippen LogP contribution in [0.1, 0.15) is 45.4 Å². The summed E-state index contributed by atoms with van der Waals surface area (Å²) in [5.41, 5.74) is 0.578. The molecule has 0 radical (unpaired) electrons. The maximum absolute atomic E-state index is 5.69. The molecule has 4 aliphatic rings. The smallest absolute Gasteiger partial charge is 0.0929 e. The first-order chi connectivity index (χ1) is 7.30. The summed E-state index contributed by atoms with van der Waals surface area (Å²) in [6, 6.07) is 0. The van der Waals surface area contributed by atoms with Crippen molar-refractivity contribution < 1.29 is 4.74 Å². The molecule has 4 bridgehead atoms. The zero-order chi connectivity index (χ0) is 10.3. The average Bonchev–Trinajstić information content (AvgIpc) is 2.15. The van der Waals surface area contributed by atoms with Crippen molar-refractivity contribution in [3.8, 4) is 0 Å². The first-order valence-corrected chi connectivity index (χ1v) is 6.52. The minimum atomic E-state index is 0.578. The van der Waals surface area contributed by atoms with Gasteiger partial charge in [0.05, 0.1) is 12.9 Å². The van der Waals surface area contributed by atoms with Crippen molar-refractivity contribution in [1.29, 1.82) is 0 Å². The summed E-state index contributed by atoms with van der Waals surface area (Å²) >= 11 is 0. The van der Waals surface area contributed by atoms with E-state index < -0.39 is 0 Å². The molecule has 0 amide bonds. The summed E-state index contributed by atoms with van der Waals surface area (Å²) in [7, 11) is 0. The van der Waals surface area contributed by atoms with Gasteiger partial charge in [0.1, 0.15) is 0 Å². The number of hydrogen-bond donors (Lipinski definition) is 0. The fraction of sp³-hybridized carbons (Fsp3) is 0.857. The zero-order valence-electron chi connectivity index (χ0n) is 9.74. The van der Waals surface area contributed by atoms with Crippen LogP contribution in [-0.4, -0.2) is 6.61 Å². The van der Waals surface area contributed by atoms with Gasteiger partial charge in [-0.05, 0) is 63.2 Å². The van der Waals surface area contributed by atoms with Gasteiger partial charge in [0.15, 0.2) is 0 Å². The van der Waals surface area contributed by atoms with Crippen LogP contribution in [0.25, 0.3) is 0 Å². The maximum Gasteiger partial charge on any atom is 0.0929 e. The maximum atomic E-state index is 5.69. The van der Waals surface area contributed by atoms with Crippen LogP contribution >= 0.6 is 0 Å². The third-order valence-electron chi connectivity index (χ3n) is 4.79. The lowest BCUT2D eigenvalue weighted by Crippen LogP contribution is -2.48. The Labute approximate surface area is 92.9 Å². The Hall–Kier alpha value is -0.460. The highest BCUT2D eigenvalue weighted by Crippen LogP contribution is 2.59. The summed E-state index contributed by atoms with van der Waals surface area (Å²) in [6.07, 6.45) is 12.8. The average molecular weight is 206 g/mol. The van der Waals surface area contributed by atoms with Gasteiger partial charge in [-0.3, -0.25) is 0 Å².